The van der Waals surface area contributed by atoms with E-state index in [9.17, 15) is 4.79 Å². The van der Waals surface area contributed by atoms with Gasteiger partial charge in [0.15, 0.2) is 0 Å². The fourth-order valence-corrected chi connectivity index (χ4v) is 5.28. The van der Waals surface area contributed by atoms with Crippen molar-refractivity contribution in [3.8, 4) is 5.75 Å². The summed E-state index contributed by atoms with van der Waals surface area (Å²) in [6, 6.07) is 8.05. The van der Waals surface area contributed by atoms with Crippen molar-refractivity contribution in [1.82, 2.24) is 4.90 Å². The zero-order chi connectivity index (χ0) is 18.3. The number of methoxy groups -OCH3 is 1. The molecule has 0 atom stereocenters. The minimum Gasteiger partial charge on any atom is -0.497 e. The Balaban J connectivity index is 1.68. The standard InChI is InChI=1S/C21H26N2O2S/c1-14-15(2)26-21-19(14)12-22(17-6-4-5-7-17)13-23(21)20(24)16-8-10-18(25-3)11-9-16/h8-11,17H,4-7,12-13H2,1-3H3. The molecule has 5 heteroatoms. The van der Waals surface area contributed by atoms with Gasteiger partial charge in [0.2, 0.25) is 0 Å². The molecule has 1 amide bonds. The number of aryl methyl sites for hydroxylation is 1. The van der Waals surface area contributed by atoms with Gasteiger partial charge >= 0.3 is 0 Å². The van der Waals surface area contributed by atoms with Crippen molar-refractivity contribution in [2.45, 2.75) is 52.1 Å². The lowest BCUT2D eigenvalue weighted by Gasteiger charge is -2.39. The third kappa shape index (κ3) is 3.03. The Morgan fingerprint density at radius 2 is 1.85 bits per heavy atom. The van der Waals surface area contributed by atoms with Gasteiger partial charge in [-0.25, -0.2) is 0 Å². The lowest BCUT2D eigenvalue weighted by molar-refractivity contribution is 0.0939. The molecular formula is C21H26N2O2S. The zero-order valence-corrected chi connectivity index (χ0v) is 16.6. The van der Waals surface area contributed by atoms with Crippen LogP contribution in [0.3, 0.4) is 0 Å². The maximum atomic E-state index is 13.3. The van der Waals surface area contributed by atoms with Crippen molar-refractivity contribution in [3.63, 3.8) is 0 Å². The van der Waals surface area contributed by atoms with Gasteiger partial charge in [0.05, 0.1) is 13.8 Å². The minimum atomic E-state index is 0.0813. The van der Waals surface area contributed by atoms with Crippen LogP contribution in [-0.4, -0.2) is 30.6 Å². The van der Waals surface area contributed by atoms with Crippen molar-refractivity contribution in [3.05, 3.63) is 45.8 Å². The summed E-state index contributed by atoms with van der Waals surface area (Å²) in [6.45, 7) is 6.03. The number of carbonyl (C=O) groups excluding carboxylic acids is 1. The first-order valence-electron chi connectivity index (χ1n) is 9.37. The Labute approximate surface area is 159 Å². The predicted octanol–water partition coefficient (Wildman–Crippen LogP) is 4.74. The first-order valence-corrected chi connectivity index (χ1v) is 10.2. The quantitative estimate of drug-likeness (QED) is 0.783. The van der Waals surface area contributed by atoms with Crippen molar-refractivity contribution in [2.75, 3.05) is 18.7 Å². The van der Waals surface area contributed by atoms with E-state index >= 15 is 0 Å². The van der Waals surface area contributed by atoms with Gasteiger partial charge in [-0.15, -0.1) is 11.3 Å². The molecule has 1 aliphatic heterocycles. The van der Waals surface area contributed by atoms with Gasteiger partial charge in [0.25, 0.3) is 5.91 Å². The highest BCUT2D eigenvalue weighted by atomic mass is 32.1. The molecule has 0 saturated heterocycles. The van der Waals surface area contributed by atoms with Crippen molar-refractivity contribution in [2.24, 2.45) is 0 Å². The van der Waals surface area contributed by atoms with Crippen LogP contribution in [0.1, 0.15) is 52.0 Å². The molecule has 0 bridgehead atoms. The van der Waals surface area contributed by atoms with Crippen molar-refractivity contribution < 1.29 is 9.53 Å². The summed E-state index contributed by atoms with van der Waals surface area (Å²) < 4.78 is 5.22. The molecule has 4 nitrogen and oxygen atoms in total. The van der Waals surface area contributed by atoms with Gasteiger partial charge in [-0.05, 0) is 56.5 Å². The number of hydrogen-bond acceptors (Lipinski definition) is 4. The van der Waals surface area contributed by atoms with E-state index in [1.54, 1.807) is 18.4 Å². The number of nitrogens with zero attached hydrogens (tertiary/aromatic N) is 2. The highest BCUT2D eigenvalue weighted by Crippen LogP contribution is 2.41. The summed E-state index contributed by atoms with van der Waals surface area (Å²) in [5.41, 5.74) is 3.40. The Hall–Kier alpha value is -1.85. The van der Waals surface area contributed by atoms with E-state index in [1.807, 2.05) is 29.2 Å². The molecule has 26 heavy (non-hydrogen) atoms. The van der Waals surface area contributed by atoms with Gasteiger partial charge in [-0.1, -0.05) is 12.8 Å². The molecule has 2 heterocycles. The fraction of sp³-hybridized carbons (Fsp3) is 0.476. The summed E-state index contributed by atoms with van der Waals surface area (Å²) in [5, 5.41) is 1.13. The second-order valence-electron chi connectivity index (χ2n) is 7.36. The lowest BCUT2D eigenvalue weighted by Crippen LogP contribution is -2.48. The largest absolute Gasteiger partial charge is 0.497 e. The van der Waals surface area contributed by atoms with E-state index in [4.69, 9.17) is 4.74 Å². The number of benzene rings is 1. The van der Waals surface area contributed by atoms with Crippen LogP contribution in [0, 0.1) is 13.8 Å². The first kappa shape index (κ1) is 17.6. The number of rotatable bonds is 3. The Morgan fingerprint density at radius 3 is 2.50 bits per heavy atom. The Bertz CT molecular complexity index is 806. The molecule has 1 aromatic heterocycles. The molecule has 4 rings (SSSR count). The van der Waals surface area contributed by atoms with Gasteiger partial charge in [0.1, 0.15) is 10.8 Å². The number of carbonyl (C=O) groups is 1. The van der Waals surface area contributed by atoms with E-state index in [2.05, 4.69) is 18.7 Å². The molecule has 0 N–H and O–H groups in total. The van der Waals surface area contributed by atoms with Crippen LogP contribution < -0.4 is 9.64 Å². The number of amides is 1. The molecule has 1 saturated carbocycles. The monoisotopic (exact) mass is 370 g/mol. The number of ether oxygens (including phenoxy) is 1. The zero-order valence-electron chi connectivity index (χ0n) is 15.7. The van der Waals surface area contributed by atoms with Crippen molar-refractivity contribution >= 4 is 22.2 Å². The minimum absolute atomic E-state index is 0.0813. The van der Waals surface area contributed by atoms with Gasteiger partial charge in [-0.3, -0.25) is 14.6 Å². The summed E-state index contributed by atoms with van der Waals surface area (Å²) in [5.74, 6) is 0.856. The van der Waals surface area contributed by atoms with E-state index in [0.29, 0.717) is 18.3 Å². The van der Waals surface area contributed by atoms with Crippen LogP contribution in [0.2, 0.25) is 0 Å². The molecule has 2 aromatic rings. The van der Waals surface area contributed by atoms with E-state index in [0.717, 1.165) is 17.3 Å². The van der Waals surface area contributed by atoms with E-state index < -0.39 is 0 Å². The Morgan fingerprint density at radius 1 is 1.15 bits per heavy atom. The molecule has 2 aliphatic rings. The normalized spacial score (nSPS) is 18.2. The predicted molar refractivity (Wildman–Crippen MR) is 106 cm³/mol. The number of hydrogen-bond donors (Lipinski definition) is 0. The summed E-state index contributed by atoms with van der Waals surface area (Å²) in [4.78, 5) is 19.1. The third-order valence-corrected chi connectivity index (χ3v) is 7.11. The van der Waals surface area contributed by atoms with Gasteiger partial charge in [-0.2, -0.15) is 0 Å². The van der Waals surface area contributed by atoms with Crippen LogP contribution in [-0.2, 0) is 6.54 Å². The number of thiophene rings is 1. The van der Waals surface area contributed by atoms with Crippen molar-refractivity contribution in [1.29, 1.82) is 0 Å². The first-order chi connectivity index (χ1) is 12.6. The van der Waals surface area contributed by atoms with Crippen LogP contribution in [0.5, 0.6) is 5.75 Å². The number of fused-ring (bicyclic) bond motifs is 1. The van der Waals surface area contributed by atoms with Crippen LogP contribution in [0.15, 0.2) is 24.3 Å². The molecule has 0 unspecified atom stereocenters. The summed E-state index contributed by atoms with van der Waals surface area (Å²) >= 11 is 1.75. The van der Waals surface area contributed by atoms with E-state index in [1.165, 1.54) is 41.7 Å². The number of anilines is 1. The van der Waals surface area contributed by atoms with Crippen LogP contribution in [0.4, 0.5) is 5.00 Å². The summed E-state index contributed by atoms with van der Waals surface area (Å²) in [7, 11) is 1.64. The van der Waals surface area contributed by atoms with Crippen LogP contribution >= 0.6 is 11.3 Å². The molecule has 138 valence electrons. The summed E-state index contributed by atoms with van der Waals surface area (Å²) in [6.07, 6.45) is 5.12. The maximum Gasteiger partial charge on any atom is 0.260 e. The molecular weight excluding hydrogens is 344 g/mol. The van der Waals surface area contributed by atoms with E-state index in [-0.39, 0.29) is 5.91 Å². The third-order valence-electron chi connectivity index (χ3n) is 5.84. The average Bonchev–Trinajstić information content (AvgIpc) is 3.30. The second kappa shape index (κ2) is 7.05. The molecule has 0 spiro atoms. The van der Waals surface area contributed by atoms with Crippen LogP contribution in [0.25, 0.3) is 0 Å². The second-order valence-corrected chi connectivity index (χ2v) is 8.56. The SMILES string of the molecule is COc1ccc(C(=O)N2CN(C3CCCC3)Cc3c2sc(C)c3C)cc1. The molecule has 0 radical (unpaired) electrons. The molecule has 1 aliphatic carbocycles. The maximum absolute atomic E-state index is 13.3. The Kier molecular flexibility index (Phi) is 4.76. The fourth-order valence-electron chi connectivity index (χ4n) is 4.12. The van der Waals surface area contributed by atoms with Gasteiger partial charge in [0, 0.05) is 28.6 Å². The molecule has 1 fully saturated rings. The topological polar surface area (TPSA) is 32.8 Å². The highest BCUT2D eigenvalue weighted by Gasteiger charge is 2.35. The lowest BCUT2D eigenvalue weighted by atomic mass is 10.1. The molecule has 1 aromatic carbocycles. The smallest absolute Gasteiger partial charge is 0.260 e. The van der Waals surface area contributed by atoms with Gasteiger partial charge < -0.3 is 4.74 Å². The highest BCUT2D eigenvalue weighted by molar-refractivity contribution is 7.16. The average molecular weight is 371 g/mol.